The van der Waals surface area contributed by atoms with Crippen LogP contribution in [0.5, 0.6) is 0 Å². The van der Waals surface area contributed by atoms with Crippen LogP contribution in [0.1, 0.15) is 99.9 Å². The molecule has 4 aliphatic rings. The Morgan fingerprint density at radius 2 is 1.26 bits per heavy atom. The van der Waals surface area contributed by atoms with Gasteiger partial charge in [-0.15, -0.1) is 0 Å². The molecule has 8 rings (SSSR count). The molecule has 10 heteroatoms. The lowest BCUT2D eigenvalue weighted by Crippen LogP contribution is -2.20. The third-order valence-electron chi connectivity index (χ3n) is 7.89. The molecule has 0 amide bonds. The van der Waals surface area contributed by atoms with Crippen LogP contribution in [0, 0.1) is 7.40 Å². The largest absolute Gasteiger partial charge is 0.356 e. The standard InChI is InChI=1S/2C14H16IN3O/c15-14-13-11(7-6-10(16-13)9-4-5-9)18(17-14)12-3-1-2-8-19-12;15-14-13-11(7-6-10(16-13)9-4-5-9)17-18(14)12-3-1-2-8-19-12/h2*6-7,9,12H,1-5,8H2. The highest BCUT2D eigenvalue weighted by Crippen LogP contribution is 2.41. The molecular weight excluding hydrogens is 706 g/mol. The zero-order valence-corrected chi connectivity index (χ0v) is 25.7. The summed E-state index contributed by atoms with van der Waals surface area (Å²) in [5.41, 5.74) is 6.64. The Hall–Kier alpha value is -1.38. The minimum absolute atomic E-state index is 0.0911. The minimum atomic E-state index is 0.0911. The highest BCUT2D eigenvalue weighted by molar-refractivity contribution is 14.1. The summed E-state index contributed by atoms with van der Waals surface area (Å²) in [7, 11) is 0. The van der Waals surface area contributed by atoms with E-state index in [-0.39, 0.29) is 12.5 Å². The summed E-state index contributed by atoms with van der Waals surface area (Å²) >= 11 is 4.64. The van der Waals surface area contributed by atoms with Gasteiger partial charge < -0.3 is 9.47 Å². The summed E-state index contributed by atoms with van der Waals surface area (Å²) in [5, 5.41) is 9.33. The van der Waals surface area contributed by atoms with Gasteiger partial charge in [0.25, 0.3) is 0 Å². The molecule has 4 aromatic heterocycles. The summed E-state index contributed by atoms with van der Waals surface area (Å²) in [6.07, 6.45) is 12.2. The van der Waals surface area contributed by atoms with Crippen molar-refractivity contribution in [3.63, 3.8) is 0 Å². The number of hydrogen-bond acceptors (Lipinski definition) is 6. The molecule has 38 heavy (non-hydrogen) atoms. The van der Waals surface area contributed by atoms with Crippen molar-refractivity contribution in [3.05, 3.63) is 43.1 Å². The Bertz CT molecular complexity index is 1430. The van der Waals surface area contributed by atoms with E-state index in [1.165, 1.54) is 49.9 Å². The van der Waals surface area contributed by atoms with E-state index in [0.717, 1.165) is 68.4 Å². The average Bonchev–Trinajstić information content (AvgIpc) is 3.91. The van der Waals surface area contributed by atoms with E-state index in [1.54, 1.807) is 0 Å². The second-order valence-electron chi connectivity index (χ2n) is 10.9. The summed E-state index contributed by atoms with van der Waals surface area (Å²) in [5.74, 6) is 1.38. The molecule has 8 nitrogen and oxygen atoms in total. The molecule has 0 radical (unpaired) electrons. The predicted molar refractivity (Wildman–Crippen MR) is 162 cm³/mol. The molecule has 2 saturated carbocycles. The zero-order chi connectivity index (χ0) is 25.6. The van der Waals surface area contributed by atoms with Crippen molar-refractivity contribution in [2.45, 2.75) is 88.5 Å². The zero-order valence-electron chi connectivity index (χ0n) is 21.4. The van der Waals surface area contributed by atoms with Gasteiger partial charge in [-0.25, -0.2) is 19.3 Å². The highest BCUT2D eigenvalue weighted by Gasteiger charge is 2.28. The van der Waals surface area contributed by atoms with E-state index in [0.29, 0.717) is 11.8 Å². The van der Waals surface area contributed by atoms with Gasteiger partial charge in [0.15, 0.2) is 12.5 Å². The molecule has 4 fully saturated rings. The van der Waals surface area contributed by atoms with Crippen molar-refractivity contribution in [3.8, 4) is 0 Å². The third-order valence-corrected chi connectivity index (χ3v) is 9.62. The monoisotopic (exact) mass is 738 g/mol. The quantitative estimate of drug-likeness (QED) is 0.206. The lowest BCUT2D eigenvalue weighted by atomic mass is 10.2. The number of nitrogens with zero attached hydrogens (tertiary/aromatic N) is 6. The Labute approximate surface area is 249 Å². The molecule has 0 aromatic carbocycles. The van der Waals surface area contributed by atoms with Gasteiger partial charge in [-0.2, -0.15) is 10.2 Å². The molecule has 2 atom stereocenters. The van der Waals surface area contributed by atoms with Gasteiger partial charge in [-0.05, 0) is 134 Å². The van der Waals surface area contributed by atoms with Gasteiger partial charge in [0.2, 0.25) is 0 Å². The lowest BCUT2D eigenvalue weighted by Gasteiger charge is -2.23. The SMILES string of the molecule is Ic1c2nc(C3CC3)ccc2nn1C1CCCCO1.Ic1nn(C2CCCCO2)c2ccc(C3CC3)nc12. The summed E-state index contributed by atoms with van der Waals surface area (Å²) in [6.45, 7) is 1.69. The molecule has 200 valence electrons. The molecule has 6 heterocycles. The summed E-state index contributed by atoms with van der Waals surface area (Å²) in [4.78, 5) is 9.61. The molecule has 0 bridgehead atoms. The molecule has 0 N–H and O–H groups in total. The Morgan fingerprint density at radius 3 is 1.87 bits per heavy atom. The van der Waals surface area contributed by atoms with Gasteiger partial charge >= 0.3 is 0 Å². The van der Waals surface area contributed by atoms with Gasteiger partial charge in [-0.1, -0.05) is 0 Å². The number of rotatable bonds is 4. The van der Waals surface area contributed by atoms with Crippen LogP contribution < -0.4 is 0 Å². The average molecular weight is 738 g/mol. The molecular formula is C28H32I2N6O2. The normalized spacial score (nSPS) is 23.9. The van der Waals surface area contributed by atoms with Crippen LogP contribution in [0.15, 0.2) is 24.3 Å². The Morgan fingerprint density at radius 1 is 0.658 bits per heavy atom. The maximum atomic E-state index is 5.84. The van der Waals surface area contributed by atoms with Crippen LogP contribution in [-0.4, -0.2) is 42.7 Å². The first kappa shape index (κ1) is 25.6. The second-order valence-corrected chi connectivity index (χ2v) is 12.9. The first-order chi connectivity index (χ1) is 18.7. The van der Waals surface area contributed by atoms with Crippen LogP contribution in [-0.2, 0) is 9.47 Å². The van der Waals surface area contributed by atoms with Crippen molar-refractivity contribution in [1.29, 1.82) is 0 Å². The van der Waals surface area contributed by atoms with E-state index in [1.807, 2.05) is 9.36 Å². The predicted octanol–water partition coefficient (Wildman–Crippen LogP) is 7.22. The third kappa shape index (κ3) is 5.22. The minimum Gasteiger partial charge on any atom is -0.356 e. The Kier molecular flexibility index (Phi) is 7.33. The van der Waals surface area contributed by atoms with E-state index in [2.05, 4.69) is 79.6 Å². The van der Waals surface area contributed by atoms with Crippen molar-refractivity contribution < 1.29 is 9.47 Å². The van der Waals surface area contributed by atoms with Gasteiger partial charge in [0.1, 0.15) is 24.0 Å². The molecule has 0 spiro atoms. The van der Waals surface area contributed by atoms with Crippen LogP contribution in [0.3, 0.4) is 0 Å². The fraction of sp³-hybridized carbons (Fsp3) is 0.571. The maximum Gasteiger partial charge on any atom is 0.151 e. The smallest absolute Gasteiger partial charge is 0.151 e. The van der Waals surface area contributed by atoms with Gasteiger partial charge in [0, 0.05) is 36.4 Å². The molecule has 2 aliphatic carbocycles. The van der Waals surface area contributed by atoms with Crippen molar-refractivity contribution in [1.82, 2.24) is 29.5 Å². The van der Waals surface area contributed by atoms with Crippen molar-refractivity contribution in [2.75, 3.05) is 13.2 Å². The molecule has 2 unspecified atom stereocenters. The Balaban J connectivity index is 0.000000127. The van der Waals surface area contributed by atoms with Crippen LogP contribution in [0.4, 0.5) is 0 Å². The number of halogens is 2. The van der Waals surface area contributed by atoms with Crippen LogP contribution in [0.25, 0.3) is 22.1 Å². The van der Waals surface area contributed by atoms with E-state index >= 15 is 0 Å². The number of pyridine rings is 2. The van der Waals surface area contributed by atoms with Crippen LogP contribution in [0.2, 0.25) is 0 Å². The fourth-order valence-corrected chi connectivity index (χ4v) is 6.87. The summed E-state index contributed by atoms with van der Waals surface area (Å²) in [6, 6.07) is 8.58. The molecule has 4 aromatic rings. The van der Waals surface area contributed by atoms with E-state index in [4.69, 9.17) is 19.4 Å². The lowest BCUT2D eigenvalue weighted by molar-refractivity contribution is -0.0406. The van der Waals surface area contributed by atoms with Gasteiger partial charge in [0.05, 0.1) is 5.52 Å². The van der Waals surface area contributed by atoms with Crippen molar-refractivity contribution in [2.24, 2.45) is 0 Å². The number of aromatic nitrogens is 6. The van der Waals surface area contributed by atoms with E-state index < -0.39 is 0 Å². The molecule has 2 saturated heterocycles. The van der Waals surface area contributed by atoms with Gasteiger partial charge in [-0.3, -0.25) is 0 Å². The number of fused-ring (bicyclic) bond motifs is 2. The first-order valence-electron chi connectivity index (χ1n) is 14.0. The topological polar surface area (TPSA) is 79.9 Å². The number of ether oxygens (including phenoxy) is 2. The highest BCUT2D eigenvalue weighted by atomic mass is 127. The number of hydrogen-bond donors (Lipinski definition) is 0. The first-order valence-corrected chi connectivity index (χ1v) is 16.1. The van der Waals surface area contributed by atoms with Crippen molar-refractivity contribution >= 4 is 67.2 Å². The maximum absolute atomic E-state index is 5.84. The van der Waals surface area contributed by atoms with Crippen LogP contribution >= 0.6 is 45.2 Å². The molecule has 2 aliphatic heterocycles. The second kappa shape index (κ2) is 10.9. The van der Waals surface area contributed by atoms with E-state index in [9.17, 15) is 0 Å². The fourth-order valence-electron chi connectivity index (χ4n) is 5.42. The summed E-state index contributed by atoms with van der Waals surface area (Å²) < 4.78 is 17.8.